The summed E-state index contributed by atoms with van der Waals surface area (Å²) >= 11 is 4.55. The zero-order chi connectivity index (χ0) is 21.9. The third-order valence-corrected chi connectivity index (χ3v) is 7.16. The molecular formula is C18H16BrF3N4O2S2. The maximum atomic E-state index is 12.6. The van der Waals surface area contributed by atoms with Gasteiger partial charge in [0, 0.05) is 17.3 Å². The molecule has 0 fully saturated rings. The molecule has 30 heavy (non-hydrogen) atoms. The fourth-order valence-corrected chi connectivity index (χ4v) is 4.55. The van der Waals surface area contributed by atoms with Crippen LogP contribution in [0.25, 0.3) is 0 Å². The van der Waals surface area contributed by atoms with E-state index < -0.39 is 21.8 Å². The second-order valence-electron chi connectivity index (χ2n) is 6.22. The van der Waals surface area contributed by atoms with Crippen molar-refractivity contribution in [3.8, 4) is 0 Å². The van der Waals surface area contributed by atoms with Crippen LogP contribution < -0.4 is 4.72 Å². The van der Waals surface area contributed by atoms with Crippen molar-refractivity contribution in [1.29, 1.82) is 0 Å². The van der Waals surface area contributed by atoms with Crippen LogP contribution in [-0.4, -0.2) is 23.2 Å². The summed E-state index contributed by atoms with van der Waals surface area (Å²) in [5, 5.41) is 8.54. The van der Waals surface area contributed by atoms with Crippen LogP contribution in [-0.2, 0) is 35.5 Å². The van der Waals surface area contributed by atoms with Gasteiger partial charge in [0.15, 0.2) is 5.16 Å². The Labute approximate surface area is 184 Å². The Morgan fingerprint density at radius 1 is 1.07 bits per heavy atom. The molecule has 0 radical (unpaired) electrons. The van der Waals surface area contributed by atoms with E-state index in [1.807, 2.05) is 0 Å². The average Bonchev–Trinajstić information content (AvgIpc) is 3.04. The molecular weight excluding hydrogens is 505 g/mol. The molecule has 160 valence electrons. The summed E-state index contributed by atoms with van der Waals surface area (Å²) in [6.45, 7) is -0.0528. The fourth-order valence-electron chi connectivity index (χ4n) is 2.42. The summed E-state index contributed by atoms with van der Waals surface area (Å²) in [6, 6.07) is 11.1. The van der Waals surface area contributed by atoms with Crippen LogP contribution >= 0.6 is 27.7 Å². The predicted octanol–water partition coefficient (Wildman–Crippen LogP) is 4.37. The van der Waals surface area contributed by atoms with Gasteiger partial charge in [0.25, 0.3) is 0 Å². The number of aromatic nitrogens is 3. The number of benzene rings is 2. The quantitative estimate of drug-likeness (QED) is 0.468. The Hall–Kier alpha value is -1.89. The van der Waals surface area contributed by atoms with Gasteiger partial charge in [-0.25, -0.2) is 13.1 Å². The number of nitrogens with zero attached hydrogens (tertiary/aromatic N) is 3. The summed E-state index contributed by atoms with van der Waals surface area (Å²) in [4.78, 5) is 0.129. The first-order valence-electron chi connectivity index (χ1n) is 8.49. The monoisotopic (exact) mass is 520 g/mol. The third-order valence-electron chi connectivity index (χ3n) is 4.12. The van der Waals surface area contributed by atoms with E-state index in [2.05, 4.69) is 30.8 Å². The average molecular weight is 521 g/mol. The standard InChI is InChI=1S/C18H16BrF3N4O2S2/c1-26-16(10-23-30(27,28)15-8-6-14(19)7-9-15)24-25-17(26)29-11-12-2-4-13(5-3-12)18(20,21)22/h2-9,23H,10-11H2,1H3. The highest BCUT2D eigenvalue weighted by Gasteiger charge is 2.29. The highest BCUT2D eigenvalue weighted by atomic mass is 79.9. The predicted molar refractivity (Wildman–Crippen MR) is 110 cm³/mol. The van der Waals surface area contributed by atoms with E-state index in [1.165, 1.54) is 36.0 Å². The largest absolute Gasteiger partial charge is 0.416 e. The zero-order valence-corrected chi connectivity index (χ0v) is 18.7. The number of hydrogen-bond acceptors (Lipinski definition) is 5. The molecule has 1 aromatic heterocycles. The lowest BCUT2D eigenvalue weighted by Gasteiger charge is -2.08. The summed E-state index contributed by atoms with van der Waals surface area (Å²) in [5.41, 5.74) is 0.00347. The molecule has 12 heteroatoms. The van der Waals surface area contributed by atoms with E-state index in [0.29, 0.717) is 22.3 Å². The molecule has 0 saturated carbocycles. The number of hydrogen-bond donors (Lipinski definition) is 1. The minimum absolute atomic E-state index is 0.0528. The Kier molecular flexibility index (Phi) is 6.90. The van der Waals surface area contributed by atoms with Crippen LogP contribution in [0.3, 0.4) is 0 Å². The molecule has 3 rings (SSSR count). The van der Waals surface area contributed by atoms with Crippen LogP contribution in [0.1, 0.15) is 17.0 Å². The molecule has 3 aromatic rings. The summed E-state index contributed by atoms with van der Waals surface area (Å²) in [5.74, 6) is 0.806. The summed E-state index contributed by atoms with van der Waals surface area (Å²) in [6.07, 6.45) is -4.37. The van der Waals surface area contributed by atoms with E-state index in [4.69, 9.17) is 0 Å². The lowest BCUT2D eigenvalue weighted by atomic mass is 10.1. The normalized spacial score (nSPS) is 12.3. The van der Waals surface area contributed by atoms with Crippen molar-refractivity contribution in [1.82, 2.24) is 19.5 Å². The van der Waals surface area contributed by atoms with Gasteiger partial charge in [-0.15, -0.1) is 10.2 Å². The number of alkyl halides is 3. The molecule has 0 spiro atoms. The molecule has 6 nitrogen and oxygen atoms in total. The van der Waals surface area contributed by atoms with Gasteiger partial charge < -0.3 is 4.57 Å². The SMILES string of the molecule is Cn1c(CNS(=O)(=O)c2ccc(Br)cc2)nnc1SCc1ccc(C(F)(F)F)cc1. The zero-order valence-electron chi connectivity index (χ0n) is 15.5. The van der Waals surface area contributed by atoms with Gasteiger partial charge in [-0.3, -0.25) is 0 Å². The molecule has 0 atom stereocenters. The number of nitrogens with one attached hydrogen (secondary N) is 1. The highest BCUT2D eigenvalue weighted by Crippen LogP contribution is 2.30. The molecule has 0 aliphatic heterocycles. The maximum absolute atomic E-state index is 12.6. The highest BCUT2D eigenvalue weighted by molar-refractivity contribution is 9.10. The second kappa shape index (κ2) is 9.08. The first-order chi connectivity index (χ1) is 14.1. The maximum Gasteiger partial charge on any atom is 0.416 e. The van der Waals surface area contributed by atoms with Crippen LogP contribution in [0.15, 0.2) is 63.1 Å². The first-order valence-corrected chi connectivity index (χ1v) is 11.7. The van der Waals surface area contributed by atoms with E-state index in [0.717, 1.165) is 16.6 Å². The smallest absolute Gasteiger partial charge is 0.308 e. The van der Waals surface area contributed by atoms with Crippen molar-refractivity contribution >= 4 is 37.7 Å². The number of rotatable bonds is 7. The molecule has 1 heterocycles. The fraction of sp³-hybridized carbons (Fsp3) is 0.222. The van der Waals surface area contributed by atoms with Gasteiger partial charge in [0.1, 0.15) is 5.82 Å². The lowest BCUT2D eigenvalue weighted by Crippen LogP contribution is -2.24. The van der Waals surface area contributed by atoms with Crippen molar-refractivity contribution < 1.29 is 21.6 Å². The molecule has 0 saturated heterocycles. The molecule has 0 aliphatic rings. The third kappa shape index (κ3) is 5.62. The minimum atomic E-state index is -4.37. The lowest BCUT2D eigenvalue weighted by molar-refractivity contribution is -0.137. The second-order valence-corrected chi connectivity index (χ2v) is 9.84. The van der Waals surface area contributed by atoms with Crippen molar-refractivity contribution in [3.63, 3.8) is 0 Å². The van der Waals surface area contributed by atoms with E-state index in [-0.39, 0.29) is 11.4 Å². The first kappa shape index (κ1) is 22.8. The Balaban J connectivity index is 1.61. The van der Waals surface area contributed by atoms with E-state index >= 15 is 0 Å². The van der Waals surface area contributed by atoms with Crippen molar-refractivity contribution in [2.24, 2.45) is 7.05 Å². The number of sulfonamides is 1. The van der Waals surface area contributed by atoms with Crippen molar-refractivity contribution in [2.45, 2.75) is 28.5 Å². The topological polar surface area (TPSA) is 76.9 Å². The van der Waals surface area contributed by atoms with Crippen LogP contribution in [0.4, 0.5) is 13.2 Å². The van der Waals surface area contributed by atoms with E-state index in [9.17, 15) is 21.6 Å². The number of halogens is 4. The van der Waals surface area contributed by atoms with Gasteiger partial charge in [-0.1, -0.05) is 39.8 Å². The van der Waals surface area contributed by atoms with Crippen LogP contribution in [0.5, 0.6) is 0 Å². The Morgan fingerprint density at radius 2 is 1.70 bits per heavy atom. The molecule has 1 N–H and O–H groups in total. The van der Waals surface area contributed by atoms with Gasteiger partial charge in [0.2, 0.25) is 10.0 Å². The summed E-state index contributed by atoms with van der Waals surface area (Å²) < 4.78 is 67.5. The molecule has 0 aliphatic carbocycles. The van der Waals surface area contributed by atoms with Crippen molar-refractivity contribution in [2.75, 3.05) is 0 Å². The van der Waals surface area contributed by atoms with Gasteiger partial charge >= 0.3 is 6.18 Å². The molecule has 0 unspecified atom stereocenters. The van der Waals surface area contributed by atoms with Gasteiger partial charge in [0.05, 0.1) is 17.0 Å². The Bertz CT molecular complexity index is 1120. The Morgan fingerprint density at radius 3 is 2.30 bits per heavy atom. The minimum Gasteiger partial charge on any atom is -0.308 e. The van der Waals surface area contributed by atoms with Gasteiger partial charge in [-0.2, -0.15) is 13.2 Å². The van der Waals surface area contributed by atoms with Crippen LogP contribution in [0.2, 0.25) is 0 Å². The molecule has 2 aromatic carbocycles. The molecule has 0 amide bonds. The number of thioether (sulfide) groups is 1. The van der Waals surface area contributed by atoms with Crippen molar-refractivity contribution in [3.05, 3.63) is 70.0 Å². The van der Waals surface area contributed by atoms with Gasteiger partial charge in [-0.05, 0) is 42.0 Å². The van der Waals surface area contributed by atoms with Crippen LogP contribution in [0, 0.1) is 0 Å². The van der Waals surface area contributed by atoms with E-state index in [1.54, 1.807) is 23.7 Å². The summed E-state index contributed by atoms with van der Waals surface area (Å²) in [7, 11) is -2.01. The molecule has 0 bridgehead atoms.